The first-order valence-electron chi connectivity index (χ1n) is 15.2. The number of carbonyl (C=O) groups is 1. The number of likely N-dealkylation sites (tertiary alicyclic amines) is 1. The Bertz CT molecular complexity index is 1740. The molecule has 4 aromatic carbocycles. The van der Waals surface area contributed by atoms with Gasteiger partial charge in [0.1, 0.15) is 18.5 Å². The number of β-amino-alcohol motifs (C(OH)–C–C–N with tert-alkyl or cyclic N) is 1. The van der Waals surface area contributed by atoms with Gasteiger partial charge in [0.2, 0.25) is 0 Å². The number of esters is 1. The van der Waals surface area contributed by atoms with Crippen LogP contribution >= 0.6 is 0 Å². The number of piperidine rings is 1. The van der Waals surface area contributed by atoms with E-state index in [-0.39, 0.29) is 17.5 Å². The number of hydrogen-bond donors (Lipinski definition) is 2. The van der Waals surface area contributed by atoms with E-state index >= 15 is 0 Å². The topological polar surface area (TPSA) is 113 Å². The number of fused-ring (bicyclic) bond motifs is 1. The number of aliphatic hydroxyl groups excluding tert-OH is 1. The van der Waals surface area contributed by atoms with Crippen LogP contribution < -0.4 is 4.74 Å². The lowest BCUT2D eigenvalue weighted by atomic mass is 9.86. The first-order valence-corrected chi connectivity index (χ1v) is 16.6. The van der Waals surface area contributed by atoms with Crippen molar-refractivity contribution < 1.29 is 32.3 Å². The van der Waals surface area contributed by atoms with E-state index in [2.05, 4.69) is 47.4 Å². The summed E-state index contributed by atoms with van der Waals surface area (Å²) in [5, 5.41) is 13.3. The SMILES string of the molecule is Cc1ccc(S(=O)(=O)O)cc1.O=C1OCCC1=Cc1ccccc1OC[C@@H](O)CN1CCC(c2cccc3ccccc23)CC1. The van der Waals surface area contributed by atoms with Crippen LogP contribution in [0.5, 0.6) is 5.75 Å². The van der Waals surface area contributed by atoms with Crippen molar-refractivity contribution in [2.24, 2.45) is 0 Å². The van der Waals surface area contributed by atoms with E-state index in [1.807, 2.05) is 37.3 Å². The summed E-state index contributed by atoms with van der Waals surface area (Å²) in [6.45, 7) is 5.02. The molecule has 45 heavy (non-hydrogen) atoms. The number of aliphatic hydroxyl groups is 1. The molecule has 9 heteroatoms. The van der Waals surface area contributed by atoms with Gasteiger partial charge >= 0.3 is 5.97 Å². The summed E-state index contributed by atoms with van der Waals surface area (Å²) in [6.07, 6.45) is 4.05. The molecule has 0 radical (unpaired) electrons. The molecule has 8 nitrogen and oxygen atoms in total. The van der Waals surface area contributed by atoms with Gasteiger partial charge in [-0.25, -0.2) is 4.79 Å². The van der Waals surface area contributed by atoms with Crippen molar-refractivity contribution in [1.29, 1.82) is 0 Å². The highest BCUT2D eigenvalue weighted by molar-refractivity contribution is 7.85. The van der Waals surface area contributed by atoms with E-state index < -0.39 is 16.2 Å². The Kier molecular flexibility index (Phi) is 10.7. The van der Waals surface area contributed by atoms with Gasteiger partial charge < -0.3 is 19.5 Å². The molecule has 4 aromatic rings. The highest BCUT2D eigenvalue weighted by Gasteiger charge is 2.24. The Morgan fingerprint density at radius 3 is 2.36 bits per heavy atom. The standard InChI is InChI=1S/C29H31NO4.C7H8O3S/c31-25(20-34-28-11-4-2-7-23(28)18-24-14-17-33-29(24)32)19-30-15-12-22(13-16-30)27-10-5-8-21-6-1-3-9-26(21)27;1-6-2-4-7(5-3-6)11(8,9)10/h1-11,18,22,25,31H,12-17,19-20H2;2-5H,1H3,(H,8,9,10)/t25-;/m0./s1. The third kappa shape index (κ3) is 8.79. The molecule has 0 unspecified atom stereocenters. The van der Waals surface area contributed by atoms with Crippen LogP contribution in [0.2, 0.25) is 0 Å². The lowest BCUT2D eigenvalue weighted by molar-refractivity contribution is -0.134. The highest BCUT2D eigenvalue weighted by atomic mass is 32.2. The summed E-state index contributed by atoms with van der Waals surface area (Å²) in [5.41, 5.74) is 3.89. The maximum Gasteiger partial charge on any atom is 0.334 e. The number of benzene rings is 4. The van der Waals surface area contributed by atoms with Crippen molar-refractivity contribution >= 4 is 32.9 Å². The molecule has 0 spiro atoms. The molecule has 2 fully saturated rings. The van der Waals surface area contributed by atoms with E-state index in [0.717, 1.165) is 37.1 Å². The molecule has 2 saturated heterocycles. The largest absolute Gasteiger partial charge is 0.490 e. The lowest BCUT2D eigenvalue weighted by Crippen LogP contribution is -2.40. The van der Waals surface area contributed by atoms with Crippen molar-refractivity contribution in [3.8, 4) is 5.75 Å². The summed E-state index contributed by atoms with van der Waals surface area (Å²) < 4.78 is 40.5. The van der Waals surface area contributed by atoms with Crippen molar-refractivity contribution in [1.82, 2.24) is 4.90 Å². The van der Waals surface area contributed by atoms with E-state index in [0.29, 0.717) is 36.8 Å². The van der Waals surface area contributed by atoms with Crippen LogP contribution in [0.15, 0.2) is 101 Å². The molecule has 2 N–H and O–H groups in total. The summed E-state index contributed by atoms with van der Waals surface area (Å²) >= 11 is 0. The lowest BCUT2D eigenvalue weighted by Gasteiger charge is -2.33. The van der Waals surface area contributed by atoms with Gasteiger partial charge in [0.25, 0.3) is 10.1 Å². The van der Waals surface area contributed by atoms with Crippen molar-refractivity contribution in [2.75, 3.05) is 32.8 Å². The summed E-state index contributed by atoms with van der Waals surface area (Å²) in [5.74, 6) is 0.961. The monoisotopic (exact) mass is 629 g/mol. The molecule has 236 valence electrons. The number of para-hydroxylation sites is 1. The van der Waals surface area contributed by atoms with Crippen molar-refractivity contribution in [2.45, 2.75) is 43.1 Å². The van der Waals surface area contributed by atoms with Gasteiger partial charge in [0.15, 0.2) is 0 Å². The van der Waals surface area contributed by atoms with E-state index in [4.69, 9.17) is 14.0 Å². The van der Waals surface area contributed by atoms with Crippen LogP contribution in [0, 0.1) is 6.92 Å². The first kappa shape index (κ1) is 32.4. The van der Waals surface area contributed by atoms with Gasteiger partial charge in [0.05, 0.1) is 11.5 Å². The van der Waals surface area contributed by atoms with Gasteiger partial charge in [-0.15, -0.1) is 0 Å². The summed E-state index contributed by atoms with van der Waals surface area (Å²) in [6, 6.07) is 28.8. The molecule has 2 heterocycles. The maximum atomic E-state index is 11.8. The zero-order valence-electron chi connectivity index (χ0n) is 25.3. The minimum absolute atomic E-state index is 0.0666. The molecular formula is C36H39NO7S. The van der Waals surface area contributed by atoms with Gasteiger partial charge in [-0.3, -0.25) is 4.55 Å². The predicted molar refractivity (Wildman–Crippen MR) is 175 cm³/mol. The van der Waals surface area contributed by atoms with Crippen molar-refractivity contribution in [3.63, 3.8) is 0 Å². The van der Waals surface area contributed by atoms with Crippen LogP contribution in [-0.2, 0) is 19.6 Å². The minimum atomic E-state index is -4.02. The molecule has 0 aromatic heterocycles. The number of hydrogen-bond acceptors (Lipinski definition) is 7. The molecular weight excluding hydrogens is 590 g/mol. The number of nitrogens with zero attached hydrogens (tertiary/aromatic N) is 1. The number of cyclic esters (lactones) is 1. The van der Waals surface area contributed by atoms with Crippen LogP contribution in [0.1, 0.15) is 41.9 Å². The minimum Gasteiger partial charge on any atom is -0.490 e. The van der Waals surface area contributed by atoms with Crippen LogP contribution in [0.25, 0.3) is 16.8 Å². The van der Waals surface area contributed by atoms with Crippen LogP contribution in [0.4, 0.5) is 0 Å². The Morgan fingerprint density at radius 1 is 0.956 bits per heavy atom. The highest BCUT2D eigenvalue weighted by Crippen LogP contribution is 2.33. The number of ether oxygens (including phenoxy) is 2. The Morgan fingerprint density at radius 2 is 1.64 bits per heavy atom. The molecule has 0 bridgehead atoms. The molecule has 0 aliphatic carbocycles. The predicted octanol–water partition coefficient (Wildman–Crippen LogP) is 6.03. The van der Waals surface area contributed by atoms with Gasteiger partial charge in [-0.1, -0.05) is 78.4 Å². The fraction of sp³-hybridized carbons (Fsp3) is 0.306. The Hall–Kier alpha value is -4.02. The van der Waals surface area contributed by atoms with E-state index in [1.54, 1.807) is 12.1 Å². The Balaban J connectivity index is 0.000000309. The fourth-order valence-corrected chi connectivity index (χ4v) is 6.26. The number of carbonyl (C=O) groups excluding carboxylic acids is 1. The normalized spacial score (nSPS) is 17.5. The van der Waals surface area contributed by atoms with Crippen LogP contribution in [0.3, 0.4) is 0 Å². The smallest absolute Gasteiger partial charge is 0.334 e. The average molecular weight is 630 g/mol. The maximum absolute atomic E-state index is 11.8. The zero-order chi connectivity index (χ0) is 31.8. The van der Waals surface area contributed by atoms with Crippen molar-refractivity contribution in [3.05, 3.63) is 113 Å². The molecule has 1 atom stereocenters. The van der Waals surface area contributed by atoms with E-state index in [9.17, 15) is 18.3 Å². The quantitative estimate of drug-likeness (QED) is 0.138. The summed E-state index contributed by atoms with van der Waals surface area (Å²) in [7, 11) is -4.02. The number of aryl methyl sites for hydroxylation is 1. The first-order chi connectivity index (χ1) is 21.7. The Labute approximate surface area is 264 Å². The zero-order valence-corrected chi connectivity index (χ0v) is 26.2. The van der Waals surface area contributed by atoms with Crippen LogP contribution in [-0.4, -0.2) is 67.9 Å². The molecule has 0 saturated carbocycles. The second-order valence-electron chi connectivity index (χ2n) is 11.5. The molecule has 6 rings (SSSR count). The average Bonchev–Trinajstić information content (AvgIpc) is 3.44. The third-order valence-corrected chi connectivity index (χ3v) is 9.05. The van der Waals surface area contributed by atoms with Gasteiger partial charge in [-0.05, 0) is 79.4 Å². The molecule has 0 amide bonds. The van der Waals surface area contributed by atoms with Gasteiger partial charge in [0, 0.05) is 24.1 Å². The van der Waals surface area contributed by atoms with E-state index in [1.165, 1.54) is 28.5 Å². The summed E-state index contributed by atoms with van der Waals surface area (Å²) in [4.78, 5) is 14.0. The third-order valence-electron chi connectivity index (χ3n) is 8.19. The second-order valence-corrected chi connectivity index (χ2v) is 12.9. The number of rotatable bonds is 8. The molecule has 2 aliphatic rings. The fourth-order valence-electron chi connectivity index (χ4n) is 5.78. The second kappa shape index (κ2) is 14.8. The van der Waals surface area contributed by atoms with Gasteiger partial charge in [-0.2, -0.15) is 8.42 Å². The molecule has 2 aliphatic heterocycles.